The van der Waals surface area contributed by atoms with Crippen LogP contribution in [-0.2, 0) is 0 Å². The number of rotatable bonds is 3. The van der Waals surface area contributed by atoms with E-state index in [9.17, 15) is 4.79 Å². The fraction of sp³-hybridized carbons (Fsp3) is 0.118. The molecule has 5 nitrogen and oxygen atoms in total. The van der Waals surface area contributed by atoms with E-state index < -0.39 is 0 Å². The molecule has 1 aromatic carbocycles. The zero-order valence-electron chi connectivity index (χ0n) is 12.9. The Labute approximate surface area is 147 Å². The number of pyridine rings is 1. The van der Waals surface area contributed by atoms with Gasteiger partial charge in [0.15, 0.2) is 0 Å². The van der Waals surface area contributed by atoms with Crippen molar-refractivity contribution in [3.05, 3.63) is 58.8 Å². The Balaban J connectivity index is 2.00. The summed E-state index contributed by atoms with van der Waals surface area (Å²) in [4.78, 5) is 22.3. The summed E-state index contributed by atoms with van der Waals surface area (Å²) >= 11 is 5.58. The van der Waals surface area contributed by atoms with Crippen LogP contribution in [0.25, 0.3) is 26.0 Å². The van der Waals surface area contributed by atoms with Gasteiger partial charge in [0.05, 0.1) is 11.3 Å². The van der Waals surface area contributed by atoms with Gasteiger partial charge in [-0.3, -0.25) is 9.36 Å². The highest BCUT2D eigenvalue weighted by Gasteiger charge is 2.15. The number of thiol groups is 1. The van der Waals surface area contributed by atoms with Gasteiger partial charge in [-0.05, 0) is 25.1 Å². The lowest BCUT2D eigenvalue weighted by atomic mass is 10.2. The molecule has 0 spiro atoms. The second kappa shape index (κ2) is 5.92. The van der Waals surface area contributed by atoms with E-state index in [2.05, 4.69) is 27.9 Å². The summed E-state index contributed by atoms with van der Waals surface area (Å²) in [7, 11) is 0. The van der Waals surface area contributed by atoms with E-state index in [1.807, 2.05) is 37.3 Å². The summed E-state index contributed by atoms with van der Waals surface area (Å²) < 4.78 is 2.34. The van der Waals surface area contributed by atoms with Crippen molar-refractivity contribution in [1.29, 1.82) is 0 Å². The first-order chi connectivity index (χ1) is 11.7. The number of aryl methyl sites for hydroxylation is 1. The van der Waals surface area contributed by atoms with Crippen molar-refractivity contribution in [2.75, 3.05) is 11.2 Å². The fourth-order valence-electron chi connectivity index (χ4n) is 2.72. The fourth-order valence-corrected chi connectivity index (χ4v) is 3.93. The monoisotopic (exact) mass is 354 g/mol. The normalized spacial score (nSPS) is 11.2. The number of hydrogen-bond acceptors (Lipinski definition) is 6. The summed E-state index contributed by atoms with van der Waals surface area (Å²) in [6.07, 6.45) is 3.31. The second-order valence-corrected chi connectivity index (χ2v) is 6.72. The molecule has 120 valence electrons. The average molecular weight is 354 g/mol. The molecule has 1 N–H and O–H groups in total. The molecule has 7 heteroatoms. The van der Waals surface area contributed by atoms with Crippen LogP contribution in [0, 0.1) is 6.92 Å². The molecular formula is C17H14N4OS2. The van der Waals surface area contributed by atoms with Gasteiger partial charge in [-0.1, -0.05) is 17.7 Å². The maximum Gasteiger partial charge on any atom is 0.273 e. The minimum absolute atomic E-state index is 0.0452. The van der Waals surface area contributed by atoms with Crippen LogP contribution in [0.4, 0.5) is 5.82 Å². The van der Waals surface area contributed by atoms with Crippen molar-refractivity contribution in [2.24, 2.45) is 0 Å². The van der Waals surface area contributed by atoms with Gasteiger partial charge in [0, 0.05) is 17.3 Å². The number of thiophene rings is 1. The zero-order chi connectivity index (χ0) is 16.7. The van der Waals surface area contributed by atoms with Crippen LogP contribution in [0.2, 0.25) is 0 Å². The molecule has 0 aliphatic heterocycles. The first kappa shape index (κ1) is 15.2. The number of hydrogen-bond donors (Lipinski definition) is 2. The van der Waals surface area contributed by atoms with Crippen molar-refractivity contribution in [3.8, 4) is 5.69 Å². The van der Waals surface area contributed by atoms with E-state index in [4.69, 9.17) is 0 Å². The molecule has 0 unspecified atom stereocenters. The molecule has 3 heterocycles. The van der Waals surface area contributed by atoms with Crippen molar-refractivity contribution in [2.45, 2.75) is 6.92 Å². The molecule has 0 aliphatic rings. The summed E-state index contributed by atoms with van der Waals surface area (Å²) in [5.41, 5.74) is 1.97. The minimum Gasteiger partial charge on any atom is -0.361 e. The predicted molar refractivity (Wildman–Crippen MR) is 103 cm³/mol. The topological polar surface area (TPSA) is 59.8 Å². The number of nitrogens with one attached hydrogen (secondary N) is 1. The Bertz CT molecular complexity index is 1100. The molecule has 3 aromatic heterocycles. The standard InChI is InChI=1S/C17H14N4OS2/c1-10-2-4-11(5-3-10)21-7-6-12-13-15(20-9-23)18-8-19-16(13)24-14(12)17(21)22/h2-8,23H,9H2,1H3,(H,18,19,20). The van der Waals surface area contributed by atoms with Crippen molar-refractivity contribution in [3.63, 3.8) is 0 Å². The van der Waals surface area contributed by atoms with Gasteiger partial charge in [-0.15, -0.1) is 11.3 Å². The summed E-state index contributed by atoms with van der Waals surface area (Å²) in [6, 6.07) is 9.84. The van der Waals surface area contributed by atoms with E-state index in [1.165, 1.54) is 17.7 Å². The van der Waals surface area contributed by atoms with Gasteiger partial charge < -0.3 is 5.32 Å². The molecule has 0 aliphatic carbocycles. The summed E-state index contributed by atoms with van der Waals surface area (Å²) in [6.45, 7) is 2.02. The molecule has 0 fully saturated rings. The number of fused-ring (bicyclic) bond motifs is 3. The lowest BCUT2D eigenvalue weighted by Gasteiger charge is -2.06. The maximum absolute atomic E-state index is 12.9. The number of anilines is 1. The highest BCUT2D eigenvalue weighted by Crippen LogP contribution is 2.34. The van der Waals surface area contributed by atoms with Crippen molar-refractivity contribution >= 4 is 50.1 Å². The highest BCUT2D eigenvalue weighted by molar-refractivity contribution is 7.80. The highest BCUT2D eigenvalue weighted by atomic mass is 32.1. The Morgan fingerprint density at radius 2 is 2.00 bits per heavy atom. The Morgan fingerprint density at radius 3 is 2.75 bits per heavy atom. The number of nitrogens with zero attached hydrogens (tertiary/aromatic N) is 3. The first-order valence-electron chi connectivity index (χ1n) is 7.39. The Kier molecular flexibility index (Phi) is 3.74. The van der Waals surface area contributed by atoms with Gasteiger partial charge in [-0.2, -0.15) is 12.6 Å². The Hall–Kier alpha value is -2.38. The molecule has 0 saturated heterocycles. The lowest BCUT2D eigenvalue weighted by Crippen LogP contribution is -2.16. The average Bonchev–Trinajstić information content (AvgIpc) is 2.97. The molecule has 0 bridgehead atoms. The minimum atomic E-state index is -0.0452. The van der Waals surface area contributed by atoms with Crippen molar-refractivity contribution < 1.29 is 0 Å². The molecule has 4 rings (SSSR count). The van der Waals surface area contributed by atoms with Crippen LogP contribution < -0.4 is 10.9 Å². The van der Waals surface area contributed by atoms with Gasteiger partial charge in [0.25, 0.3) is 5.56 Å². The molecule has 24 heavy (non-hydrogen) atoms. The zero-order valence-corrected chi connectivity index (χ0v) is 14.6. The third-order valence-corrected chi connectivity index (χ3v) is 5.15. The van der Waals surface area contributed by atoms with Crippen LogP contribution in [0.5, 0.6) is 0 Å². The molecular weight excluding hydrogens is 340 g/mol. The second-order valence-electron chi connectivity index (χ2n) is 5.41. The molecule has 0 amide bonds. The maximum atomic E-state index is 12.9. The van der Waals surface area contributed by atoms with Crippen molar-refractivity contribution in [1.82, 2.24) is 14.5 Å². The van der Waals surface area contributed by atoms with E-state index in [-0.39, 0.29) is 5.56 Å². The quantitative estimate of drug-likeness (QED) is 0.436. The van der Waals surface area contributed by atoms with Crippen LogP contribution >= 0.6 is 24.0 Å². The van der Waals surface area contributed by atoms with Crippen LogP contribution in [0.15, 0.2) is 47.7 Å². The van der Waals surface area contributed by atoms with Crippen LogP contribution in [0.3, 0.4) is 0 Å². The van der Waals surface area contributed by atoms with E-state index >= 15 is 0 Å². The van der Waals surface area contributed by atoms with Gasteiger partial charge in [0.2, 0.25) is 0 Å². The van der Waals surface area contributed by atoms with Crippen LogP contribution in [0.1, 0.15) is 5.56 Å². The predicted octanol–water partition coefficient (Wildman–Crippen LogP) is 3.60. The third-order valence-electron chi connectivity index (χ3n) is 3.89. The smallest absolute Gasteiger partial charge is 0.273 e. The molecule has 0 saturated carbocycles. The lowest BCUT2D eigenvalue weighted by molar-refractivity contribution is 1.01. The molecule has 4 aromatic rings. The molecule has 0 radical (unpaired) electrons. The summed E-state index contributed by atoms with van der Waals surface area (Å²) in [5, 5.41) is 4.86. The number of benzene rings is 1. The van der Waals surface area contributed by atoms with Gasteiger partial charge >= 0.3 is 0 Å². The number of aromatic nitrogens is 3. The van der Waals surface area contributed by atoms with Gasteiger partial charge in [-0.25, -0.2) is 9.97 Å². The van der Waals surface area contributed by atoms with Crippen LogP contribution in [-0.4, -0.2) is 20.4 Å². The van der Waals surface area contributed by atoms with E-state index in [1.54, 1.807) is 10.8 Å². The summed E-state index contributed by atoms with van der Waals surface area (Å²) in [5.74, 6) is 1.16. The SMILES string of the molecule is Cc1ccc(-n2ccc3c(sc4ncnc(NCS)c43)c2=O)cc1. The largest absolute Gasteiger partial charge is 0.361 e. The third kappa shape index (κ3) is 2.37. The first-order valence-corrected chi connectivity index (χ1v) is 8.84. The van der Waals surface area contributed by atoms with Gasteiger partial charge in [0.1, 0.15) is 21.7 Å². The Morgan fingerprint density at radius 1 is 1.21 bits per heavy atom. The molecule has 0 atom stereocenters. The van der Waals surface area contributed by atoms with E-state index in [0.717, 1.165) is 26.9 Å². The van der Waals surface area contributed by atoms with E-state index in [0.29, 0.717) is 16.4 Å².